The van der Waals surface area contributed by atoms with E-state index in [1.54, 1.807) is 4.31 Å². The van der Waals surface area contributed by atoms with Crippen molar-refractivity contribution in [2.24, 2.45) is 0 Å². The van der Waals surface area contributed by atoms with Crippen LogP contribution in [0.25, 0.3) is 0 Å². The lowest BCUT2D eigenvalue weighted by atomic mass is 9.94. The molecule has 1 heterocycles. The van der Waals surface area contributed by atoms with Crippen molar-refractivity contribution in [3.05, 3.63) is 35.9 Å². The summed E-state index contributed by atoms with van der Waals surface area (Å²) in [7, 11) is -3.32. The first kappa shape index (κ1) is 15.5. The number of sulfonamides is 1. The molecule has 5 heteroatoms. The Kier molecular flexibility index (Phi) is 3.97. The number of benzene rings is 1. The normalized spacial score (nSPS) is 22.6. The van der Waals surface area contributed by atoms with Gasteiger partial charge in [0.05, 0.1) is 5.75 Å². The monoisotopic (exact) mass is 296 g/mol. The minimum atomic E-state index is -3.32. The zero-order valence-electron chi connectivity index (χ0n) is 12.7. The van der Waals surface area contributed by atoms with E-state index in [9.17, 15) is 8.42 Å². The van der Waals surface area contributed by atoms with Crippen molar-refractivity contribution in [2.75, 3.05) is 13.1 Å². The van der Waals surface area contributed by atoms with Crippen LogP contribution in [0.5, 0.6) is 0 Å². The van der Waals surface area contributed by atoms with Crippen molar-refractivity contribution in [3.63, 3.8) is 0 Å². The maximum atomic E-state index is 12.8. The second kappa shape index (κ2) is 5.13. The molecule has 1 fully saturated rings. The Labute approximate surface area is 122 Å². The number of piperazine rings is 1. The lowest BCUT2D eigenvalue weighted by Gasteiger charge is -2.48. The van der Waals surface area contributed by atoms with Gasteiger partial charge in [-0.15, -0.1) is 0 Å². The molecule has 0 unspecified atom stereocenters. The molecule has 0 radical (unpaired) electrons. The topological polar surface area (TPSA) is 49.4 Å². The molecule has 0 aliphatic carbocycles. The van der Waals surface area contributed by atoms with E-state index in [1.165, 1.54) is 0 Å². The lowest BCUT2D eigenvalue weighted by molar-refractivity contribution is 0.116. The predicted molar refractivity (Wildman–Crippen MR) is 81.9 cm³/mol. The van der Waals surface area contributed by atoms with Crippen molar-refractivity contribution in [1.82, 2.24) is 9.62 Å². The molecule has 1 aromatic carbocycles. The summed E-state index contributed by atoms with van der Waals surface area (Å²) in [6.45, 7) is 9.17. The molecule has 1 aliphatic rings. The maximum absolute atomic E-state index is 12.8. The van der Waals surface area contributed by atoms with Gasteiger partial charge in [-0.05, 0) is 33.3 Å². The van der Waals surface area contributed by atoms with Crippen molar-refractivity contribution in [2.45, 2.75) is 44.5 Å². The average molecular weight is 296 g/mol. The molecule has 112 valence electrons. The summed E-state index contributed by atoms with van der Waals surface area (Å²) in [5.74, 6) is 0.0628. The largest absolute Gasteiger partial charge is 0.309 e. The van der Waals surface area contributed by atoms with Gasteiger partial charge in [0.1, 0.15) is 0 Å². The van der Waals surface area contributed by atoms with Gasteiger partial charge in [0, 0.05) is 24.2 Å². The van der Waals surface area contributed by atoms with Crippen LogP contribution >= 0.6 is 0 Å². The van der Waals surface area contributed by atoms with Crippen molar-refractivity contribution in [3.8, 4) is 0 Å². The molecule has 1 aromatic rings. The SMILES string of the molecule is CC1(C)CN(S(=O)(=O)Cc2ccccc2)C(C)(C)CN1. The molecule has 1 N–H and O–H groups in total. The van der Waals surface area contributed by atoms with E-state index in [4.69, 9.17) is 0 Å². The van der Waals surface area contributed by atoms with Crippen LogP contribution in [0.4, 0.5) is 0 Å². The molecule has 1 saturated heterocycles. The van der Waals surface area contributed by atoms with Gasteiger partial charge in [-0.1, -0.05) is 30.3 Å². The summed E-state index contributed by atoms with van der Waals surface area (Å²) in [5, 5.41) is 3.41. The van der Waals surface area contributed by atoms with Gasteiger partial charge in [-0.2, -0.15) is 4.31 Å². The van der Waals surface area contributed by atoms with Gasteiger partial charge in [0.25, 0.3) is 0 Å². The standard InChI is InChI=1S/C15H24N2O2S/c1-14(2)12-17(15(3,4)11-16-14)20(18,19)10-13-8-6-5-7-9-13/h5-9,16H,10-12H2,1-4H3. The Bertz CT molecular complexity index is 565. The van der Waals surface area contributed by atoms with E-state index < -0.39 is 15.6 Å². The van der Waals surface area contributed by atoms with E-state index in [0.717, 1.165) is 5.56 Å². The van der Waals surface area contributed by atoms with Gasteiger partial charge in [0.15, 0.2) is 0 Å². The van der Waals surface area contributed by atoms with Gasteiger partial charge in [-0.3, -0.25) is 0 Å². The zero-order valence-corrected chi connectivity index (χ0v) is 13.5. The fourth-order valence-corrected chi connectivity index (χ4v) is 4.62. The van der Waals surface area contributed by atoms with Crippen molar-refractivity contribution < 1.29 is 8.42 Å². The van der Waals surface area contributed by atoms with E-state index in [0.29, 0.717) is 13.1 Å². The highest BCUT2D eigenvalue weighted by atomic mass is 32.2. The van der Waals surface area contributed by atoms with Crippen molar-refractivity contribution in [1.29, 1.82) is 0 Å². The molecule has 2 rings (SSSR count). The second-order valence-corrected chi connectivity index (χ2v) is 8.69. The average Bonchev–Trinajstić information content (AvgIpc) is 2.33. The molecule has 0 spiro atoms. The maximum Gasteiger partial charge on any atom is 0.218 e. The number of rotatable bonds is 3. The third kappa shape index (κ3) is 3.40. The molecule has 0 saturated carbocycles. The van der Waals surface area contributed by atoms with Gasteiger partial charge < -0.3 is 5.32 Å². The fourth-order valence-electron chi connectivity index (χ4n) is 2.51. The summed E-state index contributed by atoms with van der Waals surface area (Å²) < 4.78 is 27.2. The van der Waals surface area contributed by atoms with E-state index in [1.807, 2.05) is 58.0 Å². The van der Waals surface area contributed by atoms with Gasteiger partial charge in [0.2, 0.25) is 10.0 Å². The summed E-state index contributed by atoms with van der Waals surface area (Å²) in [6.07, 6.45) is 0. The lowest BCUT2D eigenvalue weighted by Crippen LogP contribution is -2.67. The van der Waals surface area contributed by atoms with Crippen molar-refractivity contribution >= 4 is 10.0 Å². The Morgan fingerprint density at radius 3 is 2.35 bits per heavy atom. The van der Waals surface area contributed by atoms with Crippen LogP contribution in [0.2, 0.25) is 0 Å². The molecule has 0 atom stereocenters. The van der Waals surface area contributed by atoms with E-state index in [2.05, 4.69) is 5.32 Å². The van der Waals surface area contributed by atoms with Crippen LogP contribution in [-0.2, 0) is 15.8 Å². The van der Waals surface area contributed by atoms with Crippen LogP contribution in [0.3, 0.4) is 0 Å². The molecule has 0 aromatic heterocycles. The smallest absolute Gasteiger partial charge is 0.218 e. The van der Waals surface area contributed by atoms with E-state index >= 15 is 0 Å². The van der Waals surface area contributed by atoms with Crippen LogP contribution in [-0.4, -0.2) is 36.9 Å². The molecule has 4 nitrogen and oxygen atoms in total. The summed E-state index contributed by atoms with van der Waals surface area (Å²) >= 11 is 0. The van der Waals surface area contributed by atoms with Crippen LogP contribution in [0.15, 0.2) is 30.3 Å². The highest BCUT2D eigenvalue weighted by Gasteiger charge is 2.43. The molecule has 0 amide bonds. The minimum Gasteiger partial charge on any atom is -0.309 e. The van der Waals surface area contributed by atoms with Crippen LogP contribution in [0.1, 0.15) is 33.3 Å². The Morgan fingerprint density at radius 1 is 1.15 bits per heavy atom. The third-order valence-electron chi connectivity index (χ3n) is 3.74. The molecule has 1 aliphatic heterocycles. The van der Waals surface area contributed by atoms with Crippen LogP contribution in [0, 0.1) is 0 Å². The second-order valence-electron chi connectivity index (χ2n) is 6.80. The number of hydrogen-bond donors (Lipinski definition) is 1. The summed E-state index contributed by atoms with van der Waals surface area (Å²) in [4.78, 5) is 0. The quantitative estimate of drug-likeness (QED) is 0.928. The molecular weight excluding hydrogens is 272 g/mol. The highest BCUT2D eigenvalue weighted by molar-refractivity contribution is 7.88. The minimum absolute atomic E-state index is 0.0628. The van der Waals surface area contributed by atoms with Crippen LogP contribution < -0.4 is 5.32 Å². The molecule has 0 bridgehead atoms. The first-order valence-corrected chi connectivity index (χ1v) is 8.53. The van der Waals surface area contributed by atoms with Gasteiger partial charge in [-0.25, -0.2) is 8.42 Å². The number of nitrogens with zero attached hydrogens (tertiary/aromatic N) is 1. The first-order valence-electron chi connectivity index (χ1n) is 6.92. The highest BCUT2D eigenvalue weighted by Crippen LogP contribution is 2.28. The fraction of sp³-hybridized carbons (Fsp3) is 0.600. The number of hydrogen-bond acceptors (Lipinski definition) is 3. The molecular formula is C15H24N2O2S. The van der Waals surface area contributed by atoms with E-state index in [-0.39, 0.29) is 11.3 Å². The predicted octanol–water partition coefficient (Wildman–Crippen LogP) is 1.98. The zero-order chi connectivity index (χ0) is 15.0. The summed E-state index contributed by atoms with van der Waals surface area (Å²) in [5.41, 5.74) is 0.238. The first-order chi connectivity index (χ1) is 9.12. The Balaban J connectivity index is 2.27. The number of nitrogens with one attached hydrogen (secondary N) is 1. The summed E-state index contributed by atoms with van der Waals surface area (Å²) in [6, 6.07) is 9.36. The Hall–Kier alpha value is -0.910. The molecule has 20 heavy (non-hydrogen) atoms. The Morgan fingerprint density at radius 2 is 1.75 bits per heavy atom. The third-order valence-corrected chi connectivity index (χ3v) is 5.73. The van der Waals surface area contributed by atoms with Gasteiger partial charge >= 0.3 is 0 Å².